The van der Waals surface area contributed by atoms with Crippen molar-refractivity contribution in [2.75, 3.05) is 0 Å². The molecule has 1 atom stereocenters. The summed E-state index contributed by atoms with van der Waals surface area (Å²) < 4.78 is 27.6. The van der Waals surface area contributed by atoms with E-state index in [1.807, 2.05) is 0 Å². The summed E-state index contributed by atoms with van der Waals surface area (Å²) in [4.78, 5) is 22.0. The van der Waals surface area contributed by atoms with E-state index in [4.69, 9.17) is 5.21 Å². The predicted octanol–water partition coefficient (Wildman–Crippen LogP) is 2.44. The van der Waals surface area contributed by atoms with Crippen LogP contribution in [0.25, 0.3) is 0 Å². The lowest BCUT2D eigenvalue weighted by Gasteiger charge is -2.27. The zero-order valence-electron chi connectivity index (χ0n) is 14.1. The number of nitro groups is 1. The first-order chi connectivity index (χ1) is 12.7. The van der Waals surface area contributed by atoms with Gasteiger partial charge in [0, 0.05) is 23.2 Å². The maximum absolute atomic E-state index is 13.0. The second kappa shape index (κ2) is 8.57. The van der Waals surface area contributed by atoms with E-state index in [2.05, 4.69) is 15.9 Å². The average Bonchev–Trinajstić information content (AvgIpc) is 2.65. The van der Waals surface area contributed by atoms with Gasteiger partial charge in [-0.05, 0) is 36.8 Å². The van der Waals surface area contributed by atoms with E-state index in [0.717, 1.165) is 4.31 Å². The van der Waals surface area contributed by atoms with Gasteiger partial charge in [0.05, 0.1) is 9.82 Å². The number of halogens is 1. The van der Waals surface area contributed by atoms with Crippen LogP contribution in [0.1, 0.15) is 12.5 Å². The van der Waals surface area contributed by atoms with Gasteiger partial charge in [0.25, 0.3) is 11.6 Å². The molecular weight excluding hydrogens is 442 g/mol. The molecule has 0 saturated carbocycles. The number of nitrogens with one attached hydrogen (secondary N) is 1. The fraction of sp³-hybridized carbons (Fsp3) is 0.188. The molecule has 27 heavy (non-hydrogen) atoms. The van der Waals surface area contributed by atoms with Crippen molar-refractivity contribution < 1.29 is 23.3 Å². The molecule has 0 radical (unpaired) electrons. The number of amides is 1. The number of sulfonamides is 1. The van der Waals surface area contributed by atoms with E-state index in [-0.39, 0.29) is 17.1 Å². The maximum atomic E-state index is 13.0. The SMILES string of the molecule is C[C@@H](C(=O)NO)N(Cc1ccc([N+](=O)[O-])cc1)S(=O)(=O)c1ccc(Br)cc1. The zero-order valence-corrected chi connectivity index (χ0v) is 16.5. The Kier molecular flexibility index (Phi) is 6.65. The molecular formula is C16H16BrN3O6S. The minimum Gasteiger partial charge on any atom is -0.289 e. The van der Waals surface area contributed by atoms with Crippen molar-refractivity contribution in [2.24, 2.45) is 0 Å². The number of benzene rings is 2. The lowest BCUT2D eigenvalue weighted by Crippen LogP contribution is -2.46. The van der Waals surface area contributed by atoms with Crippen LogP contribution in [-0.4, -0.2) is 34.8 Å². The predicted molar refractivity (Wildman–Crippen MR) is 99.4 cm³/mol. The number of hydrogen-bond donors (Lipinski definition) is 2. The maximum Gasteiger partial charge on any atom is 0.269 e. The molecule has 11 heteroatoms. The fourth-order valence-corrected chi connectivity index (χ4v) is 4.15. The van der Waals surface area contributed by atoms with Crippen molar-refractivity contribution in [1.82, 2.24) is 9.79 Å². The monoisotopic (exact) mass is 457 g/mol. The molecule has 9 nitrogen and oxygen atoms in total. The van der Waals surface area contributed by atoms with E-state index in [1.165, 1.54) is 48.8 Å². The van der Waals surface area contributed by atoms with Crippen LogP contribution >= 0.6 is 15.9 Å². The Hall–Kier alpha value is -2.34. The van der Waals surface area contributed by atoms with Gasteiger partial charge in [0.15, 0.2) is 0 Å². The summed E-state index contributed by atoms with van der Waals surface area (Å²) >= 11 is 3.22. The molecule has 0 bridgehead atoms. The summed E-state index contributed by atoms with van der Waals surface area (Å²) in [5, 5.41) is 19.6. The number of nitrogens with zero attached hydrogens (tertiary/aromatic N) is 2. The molecule has 2 rings (SSSR count). The number of hydrogen-bond acceptors (Lipinski definition) is 6. The van der Waals surface area contributed by atoms with E-state index >= 15 is 0 Å². The average molecular weight is 458 g/mol. The van der Waals surface area contributed by atoms with Crippen molar-refractivity contribution >= 4 is 37.5 Å². The van der Waals surface area contributed by atoms with Crippen molar-refractivity contribution in [1.29, 1.82) is 0 Å². The summed E-state index contributed by atoms with van der Waals surface area (Å²) in [6.07, 6.45) is 0. The second-order valence-electron chi connectivity index (χ2n) is 5.58. The first-order valence-electron chi connectivity index (χ1n) is 7.61. The highest BCUT2D eigenvalue weighted by Gasteiger charge is 2.33. The van der Waals surface area contributed by atoms with Gasteiger partial charge in [-0.1, -0.05) is 28.1 Å². The zero-order chi connectivity index (χ0) is 20.2. The number of carbonyl (C=O) groups excluding carboxylic acids is 1. The summed E-state index contributed by atoms with van der Waals surface area (Å²) in [6.45, 7) is 1.11. The molecule has 0 spiro atoms. The molecule has 1 amide bonds. The quantitative estimate of drug-likeness (QED) is 0.373. The molecule has 2 aromatic carbocycles. The van der Waals surface area contributed by atoms with Crippen LogP contribution < -0.4 is 5.48 Å². The fourth-order valence-electron chi connectivity index (χ4n) is 2.30. The smallest absolute Gasteiger partial charge is 0.269 e. The van der Waals surface area contributed by atoms with Crippen LogP contribution in [0.5, 0.6) is 0 Å². The molecule has 0 fully saturated rings. The number of nitro benzene ring substituents is 1. The van der Waals surface area contributed by atoms with Crippen molar-refractivity contribution in [2.45, 2.75) is 24.4 Å². The third-order valence-electron chi connectivity index (χ3n) is 3.83. The number of rotatable bonds is 7. The molecule has 0 aliphatic carbocycles. The molecule has 0 unspecified atom stereocenters. The molecule has 144 valence electrons. The van der Waals surface area contributed by atoms with E-state index in [1.54, 1.807) is 12.1 Å². The number of non-ortho nitro benzene ring substituents is 1. The van der Waals surface area contributed by atoms with Crippen LogP contribution in [0.2, 0.25) is 0 Å². The van der Waals surface area contributed by atoms with Crippen LogP contribution in [0, 0.1) is 10.1 Å². The Morgan fingerprint density at radius 1 is 1.22 bits per heavy atom. The Labute approximate surface area is 163 Å². The summed E-state index contributed by atoms with van der Waals surface area (Å²) in [6, 6.07) is 9.95. The highest BCUT2D eigenvalue weighted by Crippen LogP contribution is 2.24. The van der Waals surface area contributed by atoms with Gasteiger partial charge in [-0.15, -0.1) is 0 Å². The van der Waals surface area contributed by atoms with Crippen molar-refractivity contribution in [3.8, 4) is 0 Å². The first kappa shape index (κ1) is 21.0. The molecule has 2 N–H and O–H groups in total. The van der Waals surface area contributed by atoms with Crippen molar-refractivity contribution in [3.05, 3.63) is 68.7 Å². The van der Waals surface area contributed by atoms with Gasteiger partial charge < -0.3 is 0 Å². The highest BCUT2D eigenvalue weighted by atomic mass is 79.9. The number of carbonyl (C=O) groups is 1. The molecule has 0 heterocycles. The highest BCUT2D eigenvalue weighted by molar-refractivity contribution is 9.10. The second-order valence-corrected chi connectivity index (χ2v) is 8.39. The largest absolute Gasteiger partial charge is 0.289 e. The Balaban J connectivity index is 2.43. The Morgan fingerprint density at radius 3 is 2.26 bits per heavy atom. The minimum atomic E-state index is -4.09. The first-order valence-corrected chi connectivity index (χ1v) is 9.85. The lowest BCUT2D eigenvalue weighted by molar-refractivity contribution is -0.384. The Bertz CT molecular complexity index is 932. The standard InChI is InChI=1S/C16H16BrN3O6S/c1-11(16(21)18-22)19(10-12-2-6-14(7-3-12)20(23)24)27(25,26)15-8-4-13(17)5-9-15/h2-9,11,22H,10H2,1H3,(H,18,21)/t11-/m0/s1. The summed E-state index contributed by atoms with van der Waals surface area (Å²) in [7, 11) is -4.09. The third-order valence-corrected chi connectivity index (χ3v) is 6.29. The molecule has 0 aliphatic rings. The lowest BCUT2D eigenvalue weighted by atomic mass is 10.2. The summed E-state index contributed by atoms with van der Waals surface area (Å²) in [5.41, 5.74) is 1.75. The molecule has 2 aromatic rings. The number of hydroxylamine groups is 1. The van der Waals surface area contributed by atoms with Gasteiger partial charge in [0.2, 0.25) is 10.0 Å². The topological polar surface area (TPSA) is 130 Å². The minimum absolute atomic E-state index is 0.0369. The molecule has 0 aromatic heterocycles. The van der Waals surface area contributed by atoms with Crippen LogP contribution in [0.3, 0.4) is 0 Å². The van der Waals surface area contributed by atoms with Crippen LogP contribution in [0.4, 0.5) is 5.69 Å². The normalized spacial score (nSPS) is 12.6. The van der Waals surface area contributed by atoms with Crippen molar-refractivity contribution in [3.63, 3.8) is 0 Å². The van der Waals surface area contributed by atoms with E-state index in [9.17, 15) is 23.3 Å². The van der Waals surface area contributed by atoms with E-state index < -0.39 is 26.9 Å². The Morgan fingerprint density at radius 2 is 1.78 bits per heavy atom. The molecule has 0 aliphatic heterocycles. The molecule has 0 saturated heterocycles. The van der Waals surface area contributed by atoms with Gasteiger partial charge in [-0.3, -0.25) is 20.1 Å². The van der Waals surface area contributed by atoms with E-state index in [0.29, 0.717) is 10.0 Å². The van der Waals surface area contributed by atoms with Gasteiger partial charge in [0.1, 0.15) is 6.04 Å². The van der Waals surface area contributed by atoms with Crippen LogP contribution in [-0.2, 0) is 21.4 Å². The summed E-state index contributed by atoms with van der Waals surface area (Å²) in [5.74, 6) is -0.905. The van der Waals surface area contributed by atoms with Gasteiger partial charge >= 0.3 is 0 Å². The van der Waals surface area contributed by atoms with Gasteiger partial charge in [-0.25, -0.2) is 13.9 Å². The van der Waals surface area contributed by atoms with Gasteiger partial charge in [-0.2, -0.15) is 4.31 Å². The van der Waals surface area contributed by atoms with Crippen LogP contribution in [0.15, 0.2) is 57.9 Å². The third kappa shape index (κ3) is 4.89.